The Labute approximate surface area is 98.7 Å². The second-order valence-electron chi connectivity index (χ2n) is 3.46. The van der Waals surface area contributed by atoms with Crippen LogP contribution in [0.3, 0.4) is 0 Å². The fraction of sp³-hybridized carbons (Fsp3) is 0. The first kappa shape index (κ1) is 11.0. The maximum Gasteiger partial charge on any atom is 0.123 e. The minimum absolute atomic E-state index is 0.290. The summed E-state index contributed by atoms with van der Waals surface area (Å²) in [5.74, 6) is -0.290. The van der Waals surface area contributed by atoms with Crippen LogP contribution in [-0.2, 0) is 0 Å². The average molecular weight is 224 g/mol. The molecule has 17 heavy (non-hydrogen) atoms. The molecule has 0 amide bonds. The Kier molecular flexibility index (Phi) is 3.27. The summed E-state index contributed by atoms with van der Waals surface area (Å²) in [6.07, 6.45) is 4.98. The Balaban J connectivity index is 2.37. The number of aromatic nitrogens is 1. The van der Waals surface area contributed by atoms with E-state index in [-0.39, 0.29) is 5.82 Å². The van der Waals surface area contributed by atoms with Crippen molar-refractivity contribution in [2.24, 2.45) is 0 Å². The number of benzene rings is 1. The number of rotatable bonds is 2. The second kappa shape index (κ2) is 5.04. The Morgan fingerprint density at radius 2 is 2.00 bits per heavy atom. The van der Waals surface area contributed by atoms with Crippen molar-refractivity contribution in [2.45, 2.75) is 0 Å². The van der Waals surface area contributed by atoms with Crippen LogP contribution in [0.15, 0.2) is 48.8 Å². The van der Waals surface area contributed by atoms with Gasteiger partial charge in [-0.1, -0.05) is 18.2 Å². The van der Waals surface area contributed by atoms with Crippen LogP contribution >= 0.6 is 0 Å². The van der Waals surface area contributed by atoms with E-state index in [1.165, 1.54) is 12.1 Å². The standard InChI is InChI=1S/C14H9FN2/c15-14-5-3-11(4-6-14)8-13(9-16)12-2-1-7-17-10-12/h1-8,10H/b13-8-. The normalized spacial score (nSPS) is 10.9. The molecule has 1 aromatic heterocycles. The molecule has 0 fully saturated rings. The summed E-state index contributed by atoms with van der Waals surface area (Å²) in [6.45, 7) is 0. The molecule has 0 saturated carbocycles. The van der Waals surface area contributed by atoms with Crippen LogP contribution in [0, 0.1) is 17.1 Å². The zero-order valence-corrected chi connectivity index (χ0v) is 8.97. The van der Waals surface area contributed by atoms with Gasteiger partial charge in [-0.2, -0.15) is 5.26 Å². The molecule has 82 valence electrons. The summed E-state index contributed by atoms with van der Waals surface area (Å²) in [7, 11) is 0. The van der Waals surface area contributed by atoms with Crippen LogP contribution in [0.4, 0.5) is 4.39 Å². The van der Waals surface area contributed by atoms with E-state index in [0.29, 0.717) is 5.57 Å². The summed E-state index contributed by atoms with van der Waals surface area (Å²) >= 11 is 0. The highest BCUT2D eigenvalue weighted by molar-refractivity contribution is 5.89. The van der Waals surface area contributed by atoms with Gasteiger partial charge in [-0.15, -0.1) is 0 Å². The molecule has 1 heterocycles. The molecule has 3 heteroatoms. The molecule has 2 nitrogen and oxygen atoms in total. The minimum atomic E-state index is -0.290. The van der Waals surface area contributed by atoms with E-state index in [1.54, 1.807) is 36.7 Å². The first-order chi connectivity index (χ1) is 8.29. The number of nitriles is 1. The summed E-state index contributed by atoms with van der Waals surface area (Å²) in [4.78, 5) is 3.96. The lowest BCUT2D eigenvalue weighted by molar-refractivity contribution is 0.628. The van der Waals surface area contributed by atoms with Crippen LogP contribution in [0.5, 0.6) is 0 Å². The van der Waals surface area contributed by atoms with Gasteiger partial charge < -0.3 is 0 Å². The first-order valence-electron chi connectivity index (χ1n) is 5.07. The van der Waals surface area contributed by atoms with Crippen LogP contribution in [0.2, 0.25) is 0 Å². The highest BCUT2D eigenvalue weighted by Gasteiger charge is 2.00. The number of allylic oxidation sites excluding steroid dienone is 1. The van der Waals surface area contributed by atoms with Gasteiger partial charge in [-0.05, 0) is 29.8 Å². The van der Waals surface area contributed by atoms with Gasteiger partial charge in [0.2, 0.25) is 0 Å². The monoisotopic (exact) mass is 224 g/mol. The molecule has 0 aliphatic rings. The van der Waals surface area contributed by atoms with Gasteiger partial charge in [-0.3, -0.25) is 4.98 Å². The smallest absolute Gasteiger partial charge is 0.123 e. The maximum absolute atomic E-state index is 12.7. The number of halogens is 1. The Hall–Kier alpha value is -2.47. The predicted molar refractivity (Wildman–Crippen MR) is 64.1 cm³/mol. The topological polar surface area (TPSA) is 36.7 Å². The molecule has 0 spiro atoms. The molecule has 0 N–H and O–H groups in total. The second-order valence-corrected chi connectivity index (χ2v) is 3.46. The van der Waals surface area contributed by atoms with Gasteiger partial charge in [0.1, 0.15) is 5.82 Å². The largest absolute Gasteiger partial charge is 0.264 e. The highest BCUT2D eigenvalue weighted by atomic mass is 19.1. The molecule has 1 aromatic carbocycles. The lowest BCUT2D eigenvalue weighted by atomic mass is 10.1. The van der Waals surface area contributed by atoms with Crippen molar-refractivity contribution >= 4 is 11.6 Å². The van der Waals surface area contributed by atoms with E-state index in [0.717, 1.165) is 11.1 Å². The number of pyridine rings is 1. The molecule has 0 aliphatic carbocycles. The lowest BCUT2D eigenvalue weighted by Gasteiger charge is -1.98. The van der Waals surface area contributed by atoms with E-state index in [4.69, 9.17) is 5.26 Å². The van der Waals surface area contributed by atoms with Crippen molar-refractivity contribution < 1.29 is 4.39 Å². The third-order valence-electron chi connectivity index (χ3n) is 2.27. The van der Waals surface area contributed by atoms with Crippen LogP contribution in [-0.4, -0.2) is 4.98 Å². The van der Waals surface area contributed by atoms with Gasteiger partial charge >= 0.3 is 0 Å². The van der Waals surface area contributed by atoms with Crippen LogP contribution < -0.4 is 0 Å². The zero-order chi connectivity index (χ0) is 12.1. The zero-order valence-electron chi connectivity index (χ0n) is 8.97. The van der Waals surface area contributed by atoms with E-state index in [1.807, 2.05) is 6.07 Å². The van der Waals surface area contributed by atoms with Crippen molar-refractivity contribution in [3.05, 3.63) is 65.7 Å². The Morgan fingerprint density at radius 1 is 1.24 bits per heavy atom. The lowest BCUT2D eigenvalue weighted by Crippen LogP contribution is -1.83. The van der Waals surface area contributed by atoms with Crippen molar-refractivity contribution in [2.75, 3.05) is 0 Å². The van der Waals surface area contributed by atoms with Crippen LogP contribution in [0.1, 0.15) is 11.1 Å². The summed E-state index contributed by atoms with van der Waals surface area (Å²) in [5, 5.41) is 9.08. The van der Waals surface area contributed by atoms with Crippen molar-refractivity contribution in [3.63, 3.8) is 0 Å². The van der Waals surface area contributed by atoms with Gasteiger partial charge in [0.05, 0.1) is 11.6 Å². The Bertz CT molecular complexity index is 565. The third kappa shape index (κ3) is 2.76. The molecule has 2 aromatic rings. The van der Waals surface area contributed by atoms with Gasteiger partial charge in [0.25, 0.3) is 0 Å². The van der Waals surface area contributed by atoms with E-state index >= 15 is 0 Å². The van der Waals surface area contributed by atoms with E-state index in [2.05, 4.69) is 11.1 Å². The average Bonchev–Trinajstić information content (AvgIpc) is 2.39. The van der Waals surface area contributed by atoms with Crippen molar-refractivity contribution in [1.29, 1.82) is 5.26 Å². The summed E-state index contributed by atoms with van der Waals surface area (Å²) in [6, 6.07) is 11.7. The molecule has 0 unspecified atom stereocenters. The predicted octanol–water partition coefficient (Wildman–Crippen LogP) is 3.28. The summed E-state index contributed by atoms with van der Waals surface area (Å²) in [5.41, 5.74) is 2.04. The van der Waals surface area contributed by atoms with Crippen molar-refractivity contribution in [1.82, 2.24) is 4.98 Å². The fourth-order valence-corrected chi connectivity index (χ4v) is 1.43. The maximum atomic E-state index is 12.7. The van der Waals surface area contributed by atoms with E-state index in [9.17, 15) is 4.39 Å². The highest BCUT2D eigenvalue weighted by Crippen LogP contribution is 2.16. The fourth-order valence-electron chi connectivity index (χ4n) is 1.43. The quantitative estimate of drug-likeness (QED) is 0.734. The van der Waals surface area contributed by atoms with Gasteiger partial charge in [-0.25, -0.2) is 4.39 Å². The van der Waals surface area contributed by atoms with Crippen molar-refractivity contribution in [3.8, 4) is 6.07 Å². The molecule has 2 rings (SSSR count). The minimum Gasteiger partial charge on any atom is -0.264 e. The molecular weight excluding hydrogens is 215 g/mol. The summed E-state index contributed by atoms with van der Waals surface area (Å²) < 4.78 is 12.7. The van der Waals surface area contributed by atoms with Gasteiger partial charge in [0, 0.05) is 18.0 Å². The molecular formula is C14H9FN2. The molecule has 0 bridgehead atoms. The van der Waals surface area contributed by atoms with E-state index < -0.39 is 0 Å². The van der Waals surface area contributed by atoms with Gasteiger partial charge in [0.15, 0.2) is 0 Å². The molecule has 0 aliphatic heterocycles. The van der Waals surface area contributed by atoms with Crippen LogP contribution in [0.25, 0.3) is 11.6 Å². The SMILES string of the molecule is N#C/C(=C/c1ccc(F)cc1)c1cccnc1. The first-order valence-corrected chi connectivity index (χ1v) is 5.07. The molecule has 0 atom stereocenters. The molecule has 0 radical (unpaired) electrons. The number of hydrogen-bond donors (Lipinski definition) is 0. The number of nitrogens with zero attached hydrogens (tertiary/aromatic N) is 2. The molecule has 0 saturated heterocycles. The Morgan fingerprint density at radius 3 is 2.59 bits per heavy atom. The third-order valence-corrected chi connectivity index (χ3v) is 2.27. The number of hydrogen-bond acceptors (Lipinski definition) is 2.